The van der Waals surface area contributed by atoms with Crippen molar-refractivity contribution in [3.63, 3.8) is 0 Å². The van der Waals surface area contributed by atoms with Gasteiger partial charge in [0.1, 0.15) is 17.1 Å². The van der Waals surface area contributed by atoms with E-state index in [0.29, 0.717) is 11.4 Å². The van der Waals surface area contributed by atoms with Crippen LogP contribution in [-0.2, 0) is 9.53 Å². The summed E-state index contributed by atoms with van der Waals surface area (Å²) in [5, 5.41) is 13.9. The Morgan fingerprint density at radius 1 is 1.14 bits per heavy atom. The number of methoxy groups -OCH3 is 1. The molecule has 0 aliphatic carbocycles. The zero-order valence-electron chi connectivity index (χ0n) is 24.0. The van der Waals surface area contributed by atoms with Crippen LogP contribution in [0.15, 0.2) is 61.1 Å². The molecule has 220 valence electrons. The van der Waals surface area contributed by atoms with Gasteiger partial charge in [0.15, 0.2) is 11.6 Å². The Bertz CT molecular complexity index is 1540. The van der Waals surface area contributed by atoms with E-state index in [0.717, 1.165) is 11.6 Å². The minimum absolute atomic E-state index is 0.00508. The zero-order chi connectivity index (χ0) is 30.4. The maximum Gasteiger partial charge on any atom is 0.306 e. The van der Waals surface area contributed by atoms with E-state index in [1.54, 1.807) is 33.0 Å². The average molecular weight is 577 g/mol. The van der Waals surface area contributed by atoms with Gasteiger partial charge in [0, 0.05) is 0 Å². The van der Waals surface area contributed by atoms with Crippen LogP contribution in [0, 0.1) is 11.7 Å². The Morgan fingerprint density at radius 3 is 2.50 bits per heavy atom. The number of aromatic nitrogens is 5. The highest BCUT2D eigenvalue weighted by molar-refractivity contribution is 5.98. The molecule has 0 spiro atoms. The highest BCUT2D eigenvalue weighted by Crippen LogP contribution is 2.32. The highest BCUT2D eigenvalue weighted by Gasteiger charge is 2.27. The number of nitrogens with zero attached hydrogens (tertiary/aromatic N) is 5. The van der Waals surface area contributed by atoms with Crippen LogP contribution in [0.4, 0.5) is 21.7 Å². The van der Waals surface area contributed by atoms with E-state index in [4.69, 9.17) is 15.2 Å². The molecule has 3 aromatic heterocycles. The van der Waals surface area contributed by atoms with Gasteiger partial charge in [0.2, 0.25) is 5.88 Å². The summed E-state index contributed by atoms with van der Waals surface area (Å²) in [6.07, 6.45) is 4.63. The molecule has 0 aliphatic heterocycles. The zero-order valence-corrected chi connectivity index (χ0v) is 24.0. The van der Waals surface area contributed by atoms with Crippen molar-refractivity contribution in [2.45, 2.75) is 45.8 Å². The van der Waals surface area contributed by atoms with Crippen LogP contribution in [0.25, 0.3) is 5.69 Å². The number of nitrogens with two attached hydrogens (primary N) is 1. The van der Waals surface area contributed by atoms with E-state index >= 15 is 4.39 Å². The van der Waals surface area contributed by atoms with Crippen molar-refractivity contribution in [1.82, 2.24) is 25.0 Å². The van der Waals surface area contributed by atoms with Gasteiger partial charge in [0.05, 0.1) is 49.4 Å². The van der Waals surface area contributed by atoms with Crippen LogP contribution in [-0.4, -0.2) is 49.5 Å². The van der Waals surface area contributed by atoms with Crippen molar-refractivity contribution >= 4 is 29.2 Å². The van der Waals surface area contributed by atoms with Gasteiger partial charge in [-0.15, -0.1) is 5.10 Å². The molecule has 4 aromatic rings. The number of pyridine rings is 2. The van der Waals surface area contributed by atoms with Gasteiger partial charge in [-0.3, -0.25) is 9.59 Å². The van der Waals surface area contributed by atoms with Crippen LogP contribution in [0.3, 0.4) is 0 Å². The Morgan fingerprint density at radius 2 is 1.88 bits per heavy atom. The summed E-state index contributed by atoms with van der Waals surface area (Å²) in [6.45, 7) is 7.25. The number of rotatable bonds is 11. The summed E-state index contributed by atoms with van der Waals surface area (Å²) in [4.78, 5) is 33.6. The molecule has 3 heterocycles. The van der Waals surface area contributed by atoms with E-state index in [-0.39, 0.29) is 41.4 Å². The van der Waals surface area contributed by atoms with Crippen molar-refractivity contribution in [2.75, 3.05) is 17.7 Å². The molecule has 0 bridgehead atoms. The first-order valence-corrected chi connectivity index (χ1v) is 13.2. The Labute approximate surface area is 242 Å². The van der Waals surface area contributed by atoms with Crippen molar-refractivity contribution < 1.29 is 23.5 Å². The van der Waals surface area contributed by atoms with Crippen LogP contribution < -0.4 is 21.1 Å². The van der Waals surface area contributed by atoms with Gasteiger partial charge in [-0.1, -0.05) is 42.5 Å². The maximum absolute atomic E-state index is 15.4. The largest absolute Gasteiger partial charge is 0.479 e. The number of primary amides is 1. The van der Waals surface area contributed by atoms with E-state index in [9.17, 15) is 9.59 Å². The van der Waals surface area contributed by atoms with Crippen LogP contribution in [0.5, 0.6) is 5.88 Å². The number of ether oxygens (including phenoxy) is 2. The van der Waals surface area contributed by atoms with Crippen molar-refractivity contribution in [3.8, 4) is 11.6 Å². The van der Waals surface area contributed by atoms with Crippen molar-refractivity contribution in [2.24, 2.45) is 11.7 Å². The lowest BCUT2D eigenvalue weighted by Crippen LogP contribution is -2.28. The second-order valence-corrected chi connectivity index (χ2v) is 10.6. The minimum atomic E-state index is -0.883. The molecular formula is C29H33FN8O4. The van der Waals surface area contributed by atoms with Crippen LogP contribution >= 0.6 is 0 Å². The Kier molecular flexibility index (Phi) is 8.99. The molecule has 2 atom stereocenters. The molecule has 4 rings (SSSR count). The van der Waals surface area contributed by atoms with E-state index < -0.39 is 23.4 Å². The quantitative estimate of drug-likeness (QED) is 0.216. The average Bonchev–Trinajstić information content (AvgIpc) is 3.47. The Hall–Kier alpha value is -5.07. The number of carbonyl (C=O) groups excluding carboxylic acids is 2. The van der Waals surface area contributed by atoms with E-state index in [1.165, 1.54) is 24.2 Å². The molecule has 0 saturated heterocycles. The summed E-state index contributed by atoms with van der Waals surface area (Å²) in [6, 6.07) is 11.4. The molecule has 42 heavy (non-hydrogen) atoms. The molecule has 13 heteroatoms. The number of amides is 1. The van der Waals surface area contributed by atoms with Gasteiger partial charge in [-0.2, -0.15) is 0 Å². The summed E-state index contributed by atoms with van der Waals surface area (Å²) in [5.41, 5.74) is 6.42. The molecule has 0 unspecified atom stereocenters. The number of benzene rings is 1. The Balaban J connectivity index is 1.69. The predicted octanol–water partition coefficient (Wildman–Crippen LogP) is 4.57. The first kappa shape index (κ1) is 29.9. The standard InChI is InChI=1S/C29H33FN8O4/c1-17(13-23(39)42-29(2,3)4)24(18-9-7-6-8-10-18)35-27-21(30)15-20(25(31)40)26(36-27)34-19-14-22(28(41-5)32-16-19)38-12-11-33-37-38/h6-12,14-17,24H,13H2,1-5H3,(H2,31,40)(H2,34,35,36)/t17-,24+/m1/s1. The SMILES string of the molecule is COc1ncc(Nc2nc(N[C@H](c3ccccc3)[C@H](C)CC(=O)OC(C)(C)C)c(F)cc2C(N)=O)cc1-n1ccnn1. The molecule has 0 fully saturated rings. The highest BCUT2D eigenvalue weighted by atomic mass is 19.1. The topological polar surface area (TPSA) is 159 Å². The molecular weight excluding hydrogens is 543 g/mol. The molecule has 12 nitrogen and oxygen atoms in total. The summed E-state index contributed by atoms with van der Waals surface area (Å²) >= 11 is 0. The number of nitrogens with one attached hydrogen (secondary N) is 2. The third-order valence-electron chi connectivity index (χ3n) is 6.13. The predicted molar refractivity (Wildman–Crippen MR) is 154 cm³/mol. The summed E-state index contributed by atoms with van der Waals surface area (Å²) in [5.74, 6) is -2.26. The molecule has 0 saturated carbocycles. The minimum Gasteiger partial charge on any atom is -0.479 e. The van der Waals surface area contributed by atoms with Crippen LogP contribution in [0.2, 0.25) is 0 Å². The number of hydrogen-bond donors (Lipinski definition) is 3. The van der Waals surface area contributed by atoms with Crippen molar-refractivity contribution in [3.05, 3.63) is 78.0 Å². The van der Waals surface area contributed by atoms with E-state index in [2.05, 4.69) is 30.9 Å². The number of carbonyl (C=O) groups is 2. The van der Waals surface area contributed by atoms with Gasteiger partial charge in [-0.05, 0) is 44.4 Å². The fourth-order valence-corrected chi connectivity index (χ4v) is 4.30. The first-order valence-electron chi connectivity index (χ1n) is 13.2. The number of hydrogen-bond acceptors (Lipinski definition) is 10. The second-order valence-electron chi connectivity index (χ2n) is 10.6. The number of esters is 1. The first-order chi connectivity index (χ1) is 19.9. The van der Waals surface area contributed by atoms with Gasteiger partial charge in [-0.25, -0.2) is 19.0 Å². The fraction of sp³-hybridized carbons (Fsp3) is 0.310. The molecule has 1 amide bonds. The monoisotopic (exact) mass is 576 g/mol. The van der Waals surface area contributed by atoms with Gasteiger partial charge < -0.3 is 25.8 Å². The van der Waals surface area contributed by atoms with Gasteiger partial charge in [0.25, 0.3) is 5.91 Å². The lowest BCUT2D eigenvalue weighted by atomic mass is 9.91. The lowest BCUT2D eigenvalue weighted by Gasteiger charge is -2.28. The molecule has 0 aliphatic rings. The fourth-order valence-electron chi connectivity index (χ4n) is 4.30. The molecule has 4 N–H and O–H groups in total. The summed E-state index contributed by atoms with van der Waals surface area (Å²) in [7, 11) is 1.47. The third-order valence-corrected chi connectivity index (χ3v) is 6.13. The van der Waals surface area contributed by atoms with Gasteiger partial charge >= 0.3 is 5.97 Å². The lowest BCUT2D eigenvalue weighted by molar-refractivity contribution is -0.155. The third kappa shape index (κ3) is 7.36. The number of anilines is 3. The normalized spacial score (nSPS) is 12.7. The second kappa shape index (κ2) is 12.6. The molecule has 1 aromatic carbocycles. The maximum atomic E-state index is 15.4. The molecule has 0 radical (unpaired) electrons. The van der Waals surface area contributed by atoms with Crippen molar-refractivity contribution in [1.29, 1.82) is 0 Å². The van der Waals surface area contributed by atoms with E-state index in [1.807, 2.05) is 37.3 Å². The smallest absolute Gasteiger partial charge is 0.306 e. The number of halogens is 1. The summed E-state index contributed by atoms with van der Waals surface area (Å²) < 4.78 is 27.7. The van der Waals surface area contributed by atoms with Crippen LogP contribution in [0.1, 0.15) is 56.1 Å².